The fraction of sp³-hybridized carbons (Fsp3) is 0.733. The van der Waals surface area contributed by atoms with E-state index in [0.717, 1.165) is 12.2 Å². The molecule has 1 aliphatic rings. The molecule has 0 unspecified atom stereocenters. The minimum atomic E-state index is -0.0867. The Hall–Kier alpha value is -1.36. The molecule has 0 saturated heterocycles. The Morgan fingerprint density at radius 3 is 2.60 bits per heavy atom. The standard InChI is InChI=1S/C15H26N4O/c1-12-11-14(18-19(12)2)15(20)17-10-9-16-13-7-5-3-4-6-8-13/h11,13,16H,3-10H2,1-2H3,(H,17,20). The fourth-order valence-corrected chi connectivity index (χ4v) is 2.70. The molecule has 1 aromatic heterocycles. The van der Waals surface area contributed by atoms with E-state index < -0.39 is 0 Å². The van der Waals surface area contributed by atoms with Gasteiger partial charge in [0.1, 0.15) is 5.69 Å². The van der Waals surface area contributed by atoms with Crippen LogP contribution < -0.4 is 10.6 Å². The Labute approximate surface area is 121 Å². The summed E-state index contributed by atoms with van der Waals surface area (Å²) in [5.74, 6) is -0.0867. The molecule has 0 atom stereocenters. The maximum atomic E-state index is 11.9. The summed E-state index contributed by atoms with van der Waals surface area (Å²) in [5, 5.41) is 10.6. The average Bonchev–Trinajstić information content (AvgIpc) is 2.66. The van der Waals surface area contributed by atoms with Gasteiger partial charge < -0.3 is 10.6 Å². The van der Waals surface area contributed by atoms with Gasteiger partial charge in [-0.15, -0.1) is 0 Å². The van der Waals surface area contributed by atoms with Crippen molar-refractivity contribution in [1.82, 2.24) is 20.4 Å². The molecule has 1 aromatic rings. The van der Waals surface area contributed by atoms with E-state index in [2.05, 4.69) is 15.7 Å². The summed E-state index contributed by atoms with van der Waals surface area (Å²) in [7, 11) is 1.85. The maximum absolute atomic E-state index is 11.9. The van der Waals surface area contributed by atoms with E-state index in [1.807, 2.05) is 20.0 Å². The predicted molar refractivity (Wildman–Crippen MR) is 79.8 cm³/mol. The molecule has 0 radical (unpaired) electrons. The van der Waals surface area contributed by atoms with Crippen molar-refractivity contribution < 1.29 is 4.79 Å². The van der Waals surface area contributed by atoms with Crippen LogP contribution in [0.25, 0.3) is 0 Å². The Morgan fingerprint density at radius 1 is 1.30 bits per heavy atom. The van der Waals surface area contributed by atoms with Crippen molar-refractivity contribution in [2.75, 3.05) is 13.1 Å². The number of aryl methyl sites for hydroxylation is 2. The van der Waals surface area contributed by atoms with Crippen molar-refractivity contribution in [2.24, 2.45) is 7.05 Å². The van der Waals surface area contributed by atoms with Crippen LogP contribution in [-0.2, 0) is 7.05 Å². The molecular weight excluding hydrogens is 252 g/mol. The van der Waals surface area contributed by atoms with Crippen LogP contribution in [0.3, 0.4) is 0 Å². The summed E-state index contributed by atoms with van der Waals surface area (Å²) in [6.45, 7) is 3.44. The first-order chi connectivity index (χ1) is 9.66. The van der Waals surface area contributed by atoms with E-state index in [0.29, 0.717) is 18.3 Å². The van der Waals surface area contributed by atoms with Crippen molar-refractivity contribution in [3.63, 3.8) is 0 Å². The molecule has 1 saturated carbocycles. The number of nitrogens with one attached hydrogen (secondary N) is 2. The lowest BCUT2D eigenvalue weighted by molar-refractivity contribution is 0.0948. The first-order valence-electron chi connectivity index (χ1n) is 7.69. The minimum Gasteiger partial charge on any atom is -0.349 e. The number of rotatable bonds is 5. The second kappa shape index (κ2) is 7.43. The van der Waals surface area contributed by atoms with Crippen LogP contribution in [0.15, 0.2) is 6.07 Å². The predicted octanol–water partition coefficient (Wildman–Crippen LogP) is 1.77. The van der Waals surface area contributed by atoms with E-state index in [1.54, 1.807) is 4.68 Å². The lowest BCUT2D eigenvalue weighted by Crippen LogP contribution is -2.37. The van der Waals surface area contributed by atoms with Gasteiger partial charge in [-0.1, -0.05) is 25.7 Å². The molecule has 1 aliphatic carbocycles. The molecule has 1 amide bonds. The van der Waals surface area contributed by atoms with Crippen LogP contribution >= 0.6 is 0 Å². The SMILES string of the molecule is Cc1cc(C(=O)NCCNC2CCCCCC2)nn1C. The monoisotopic (exact) mass is 278 g/mol. The van der Waals surface area contributed by atoms with Crippen LogP contribution in [-0.4, -0.2) is 34.8 Å². The van der Waals surface area contributed by atoms with Gasteiger partial charge in [0, 0.05) is 31.9 Å². The van der Waals surface area contributed by atoms with Crippen molar-refractivity contribution in [2.45, 2.75) is 51.5 Å². The highest BCUT2D eigenvalue weighted by atomic mass is 16.1. The van der Waals surface area contributed by atoms with Gasteiger partial charge in [-0.2, -0.15) is 5.10 Å². The normalized spacial score (nSPS) is 16.9. The molecule has 20 heavy (non-hydrogen) atoms. The van der Waals surface area contributed by atoms with Gasteiger partial charge in [-0.25, -0.2) is 0 Å². The molecule has 2 rings (SSSR count). The molecule has 5 heteroatoms. The van der Waals surface area contributed by atoms with Crippen molar-refractivity contribution in [1.29, 1.82) is 0 Å². The second-order valence-electron chi connectivity index (χ2n) is 5.69. The maximum Gasteiger partial charge on any atom is 0.271 e. The highest BCUT2D eigenvalue weighted by Crippen LogP contribution is 2.16. The number of hydrogen-bond donors (Lipinski definition) is 2. The molecule has 112 valence electrons. The molecule has 5 nitrogen and oxygen atoms in total. The zero-order valence-electron chi connectivity index (χ0n) is 12.6. The highest BCUT2D eigenvalue weighted by molar-refractivity contribution is 5.92. The van der Waals surface area contributed by atoms with Crippen molar-refractivity contribution in [3.8, 4) is 0 Å². The smallest absolute Gasteiger partial charge is 0.271 e. The molecule has 0 aromatic carbocycles. The summed E-state index contributed by atoms with van der Waals surface area (Å²) in [6, 6.07) is 2.44. The Kier molecular flexibility index (Phi) is 5.59. The fourth-order valence-electron chi connectivity index (χ4n) is 2.70. The van der Waals surface area contributed by atoms with Gasteiger partial charge in [0.05, 0.1) is 0 Å². The summed E-state index contributed by atoms with van der Waals surface area (Å²) in [5.41, 5.74) is 1.49. The summed E-state index contributed by atoms with van der Waals surface area (Å²) in [6.07, 6.45) is 7.94. The largest absolute Gasteiger partial charge is 0.349 e. The van der Waals surface area contributed by atoms with Gasteiger partial charge in [0.25, 0.3) is 5.91 Å². The lowest BCUT2D eigenvalue weighted by atomic mass is 10.1. The van der Waals surface area contributed by atoms with E-state index in [4.69, 9.17) is 0 Å². The highest BCUT2D eigenvalue weighted by Gasteiger charge is 2.12. The summed E-state index contributed by atoms with van der Waals surface area (Å²) >= 11 is 0. The van der Waals surface area contributed by atoms with Crippen LogP contribution in [0.5, 0.6) is 0 Å². The third-order valence-corrected chi connectivity index (χ3v) is 4.05. The lowest BCUT2D eigenvalue weighted by Gasteiger charge is -2.16. The average molecular weight is 278 g/mol. The van der Waals surface area contributed by atoms with E-state index in [-0.39, 0.29) is 5.91 Å². The van der Waals surface area contributed by atoms with Crippen molar-refractivity contribution in [3.05, 3.63) is 17.5 Å². The quantitative estimate of drug-likeness (QED) is 0.637. The minimum absolute atomic E-state index is 0.0867. The molecule has 1 heterocycles. The number of nitrogens with zero attached hydrogens (tertiary/aromatic N) is 2. The number of amides is 1. The van der Waals surface area contributed by atoms with Gasteiger partial charge >= 0.3 is 0 Å². The first-order valence-corrected chi connectivity index (χ1v) is 7.69. The summed E-state index contributed by atoms with van der Waals surface area (Å²) in [4.78, 5) is 11.9. The van der Waals surface area contributed by atoms with Crippen LogP contribution in [0.2, 0.25) is 0 Å². The Morgan fingerprint density at radius 2 is 2.00 bits per heavy atom. The molecule has 0 aliphatic heterocycles. The van der Waals surface area contributed by atoms with E-state index in [1.165, 1.54) is 38.5 Å². The number of aromatic nitrogens is 2. The van der Waals surface area contributed by atoms with Crippen molar-refractivity contribution >= 4 is 5.91 Å². The first kappa shape index (κ1) is 15.0. The van der Waals surface area contributed by atoms with Crippen LogP contribution in [0.4, 0.5) is 0 Å². The summed E-state index contributed by atoms with van der Waals surface area (Å²) < 4.78 is 1.72. The van der Waals surface area contributed by atoms with E-state index in [9.17, 15) is 4.79 Å². The molecular formula is C15H26N4O. The van der Waals surface area contributed by atoms with Gasteiger partial charge in [-0.05, 0) is 25.8 Å². The van der Waals surface area contributed by atoms with Crippen LogP contribution in [0.1, 0.15) is 54.7 Å². The van der Waals surface area contributed by atoms with Gasteiger partial charge in [0.2, 0.25) is 0 Å². The third kappa shape index (κ3) is 4.34. The molecule has 0 bridgehead atoms. The Bertz CT molecular complexity index is 414. The molecule has 0 spiro atoms. The Balaban J connectivity index is 1.66. The zero-order chi connectivity index (χ0) is 14.4. The molecule has 1 fully saturated rings. The van der Waals surface area contributed by atoms with Gasteiger partial charge in [0.15, 0.2) is 0 Å². The third-order valence-electron chi connectivity index (χ3n) is 4.05. The van der Waals surface area contributed by atoms with E-state index >= 15 is 0 Å². The van der Waals surface area contributed by atoms with Crippen LogP contribution in [0, 0.1) is 6.92 Å². The second-order valence-corrected chi connectivity index (χ2v) is 5.69. The van der Waals surface area contributed by atoms with Gasteiger partial charge in [-0.3, -0.25) is 9.48 Å². The molecule has 2 N–H and O–H groups in total. The number of hydrogen-bond acceptors (Lipinski definition) is 3. The topological polar surface area (TPSA) is 59.0 Å². The number of carbonyl (C=O) groups is 1. The zero-order valence-corrected chi connectivity index (χ0v) is 12.6. The number of carbonyl (C=O) groups excluding carboxylic acids is 1.